The van der Waals surface area contributed by atoms with Gasteiger partial charge < -0.3 is 20.3 Å². The molecule has 3 heterocycles. The van der Waals surface area contributed by atoms with Crippen LogP contribution in [0.4, 0.5) is 5.95 Å². The number of carbonyl (C=O) groups excluding carboxylic acids is 1. The minimum Gasteiger partial charge on any atom is -0.462 e. The number of ether oxygens (including phenoxy) is 2. The van der Waals surface area contributed by atoms with E-state index < -0.39 is 48.8 Å². The molecule has 0 saturated carbocycles. The van der Waals surface area contributed by atoms with Crippen molar-refractivity contribution in [3.63, 3.8) is 0 Å². The lowest BCUT2D eigenvalue weighted by Crippen LogP contribution is -2.69. The van der Waals surface area contributed by atoms with Crippen LogP contribution in [0.2, 0.25) is 10.6 Å². The number of nitrogens with zero attached hydrogens (tertiary/aromatic N) is 2. The highest BCUT2D eigenvalue weighted by atomic mass is 32.1. The summed E-state index contributed by atoms with van der Waals surface area (Å²) in [6.07, 6.45) is -1.01. The van der Waals surface area contributed by atoms with Gasteiger partial charge >= 0.3 is 10.8 Å². The molecular formula is C32H40N4O6SSi. The molecule has 1 aliphatic rings. The van der Waals surface area contributed by atoms with Crippen molar-refractivity contribution in [2.45, 2.75) is 76.5 Å². The van der Waals surface area contributed by atoms with Crippen LogP contribution < -0.4 is 26.5 Å². The highest BCUT2D eigenvalue weighted by Gasteiger charge is 2.58. The van der Waals surface area contributed by atoms with Gasteiger partial charge in [-0.25, -0.2) is 0 Å². The fraction of sp³-hybridized carbons (Fsp3) is 0.438. The summed E-state index contributed by atoms with van der Waals surface area (Å²) in [5, 5.41) is 12.8. The Kier molecular flexibility index (Phi) is 8.99. The van der Waals surface area contributed by atoms with Crippen molar-refractivity contribution in [3.05, 3.63) is 80.7 Å². The first-order chi connectivity index (χ1) is 20.9. The Hall–Kier alpha value is -3.58. The summed E-state index contributed by atoms with van der Waals surface area (Å²) in [5.74, 6) is -1.00. The molecule has 0 radical (unpaired) electrons. The fourth-order valence-corrected chi connectivity index (χ4v) is 15.1. The van der Waals surface area contributed by atoms with E-state index in [-0.39, 0.29) is 33.5 Å². The molecule has 1 aliphatic heterocycles. The number of aliphatic hydroxyl groups excluding tert-OH is 1. The number of aromatic amines is 1. The lowest BCUT2D eigenvalue weighted by Gasteiger charge is -2.51. The van der Waals surface area contributed by atoms with Crippen LogP contribution in [0, 0.1) is 5.92 Å². The maximum absolute atomic E-state index is 13.5. The average molecular weight is 637 g/mol. The van der Waals surface area contributed by atoms with Gasteiger partial charge in [-0.1, -0.05) is 103 Å². The number of hydrogen-bond acceptors (Lipinski definition) is 9. The van der Waals surface area contributed by atoms with E-state index in [1.54, 1.807) is 6.92 Å². The molecule has 0 amide bonds. The number of thiazole rings is 1. The van der Waals surface area contributed by atoms with E-state index in [0.717, 1.165) is 11.3 Å². The van der Waals surface area contributed by atoms with E-state index in [4.69, 9.17) is 15.2 Å². The maximum Gasteiger partial charge on any atom is 0.311 e. The predicted molar refractivity (Wildman–Crippen MR) is 175 cm³/mol. The molecule has 0 unspecified atom stereocenters. The van der Waals surface area contributed by atoms with E-state index in [1.807, 2.05) is 12.1 Å². The molecule has 4 aromatic rings. The summed E-state index contributed by atoms with van der Waals surface area (Å²) >= 11 is 0.779. The lowest BCUT2D eigenvalue weighted by atomic mass is 9.95. The second-order valence-electron chi connectivity index (χ2n) is 12.5. The van der Waals surface area contributed by atoms with Crippen LogP contribution in [0.5, 0.6) is 0 Å². The van der Waals surface area contributed by atoms with E-state index in [1.165, 1.54) is 21.9 Å². The molecule has 44 heavy (non-hydrogen) atoms. The number of fused-ring (bicyclic) bond motifs is 1. The molecule has 2 aromatic heterocycles. The molecule has 10 nitrogen and oxygen atoms in total. The maximum atomic E-state index is 13.5. The van der Waals surface area contributed by atoms with Crippen LogP contribution in [0.15, 0.2) is 70.3 Å². The highest BCUT2D eigenvalue weighted by Crippen LogP contribution is 2.52. The molecule has 0 bridgehead atoms. The van der Waals surface area contributed by atoms with Gasteiger partial charge in [0.15, 0.2) is 5.65 Å². The number of esters is 1. The Balaban J connectivity index is 1.73. The van der Waals surface area contributed by atoms with Gasteiger partial charge in [0.1, 0.15) is 25.1 Å². The number of rotatable bonds is 9. The molecule has 5 rings (SSSR count). The van der Waals surface area contributed by atoms with Gasteiger partial charge in [-0.05, 0) is 30.3 Å². The summed E-state index contributed by atoms with van der Waals surface area (Å²) < 4.78 is 14.2. The summed E-state index contributed by atoms with van der Waals surface area (Å²) in [6, 6.07) is 20.9. The molecule has 5 atom stereocenters. The van der Waals surface area contributed by atoms with Gasteiger partial charge in [0.25, 0.3) is 5.56 Å². The largest absolute Gasteiger partial charge is 0.462 e. The SMILES string of the molecule is CC(=O)O[C@@H](C)[C@@H]1C[C@@H]([C@H](CCO)[Si](c2ccccc2)(c2ccccc2)C(C)(C)C)O[C@H]1n1c(=O)sc2c(=O)[nH]c(N)nc21. The molecule has 0 aliphatic carbocycles. The number of nitrogens with one attached hydrogen (secondary N) is 1. The van der Waals surface area contributed by atoms with Gasteiger partial charge in [0, 0.05) is 19.4 Å². The molecule has 12 heteroatoms. The Morgan fingerprint density at radius 3 is 2.27 bits per heavy atom. The molecule has 4 N–H and O–H groups in total. The first-order valence-corrected chi connectivity index (χ1v) is 17.7. The van der Waals surface area contributed by atoms with Crippen molar-refractivity contribution in [1.29, 1.82) is 0 Å². The smallest absolute Gasteiger partial charge is 0.311 e. The van der Waals surface area contributed by atoms with Crippen molar-refractivity contribution in [3.8, 4) is 0 Å². The third kappa shape index (κ3) is 5.55. The van der Waals surface area contributed by atoms with Crippen molar-refractivity contribution < 1.29 is 19.4 Å². The second kappa shape index (κ2) is 12.4. The fourth-order valence-electron chi connectivity index (χ4n) is 7.41. The van der Waals surface area contributed by atoms with Crippen LogP contribution in [-0.2, 0) is 14.3 Å². The van der Waals surface area contributed by atoms with Gasteiger partial charge in [0.2, 0.25) is 5.95 Å². The van der Waals surface area contributed by atoms with Crippen molar-refractivity contribution in [1.82, 2.24) is 14.5 Å². The number of aliphatic hydroxyl groups is 1. The molecular weight excluding hydrogens is 597 g/mol. The van der Waals surface area contributed by atoms with E-state index in [0.29, 0.717) is 12.8 Å². The Morgan fingerprint density at radius 2 is 1.75 bits per heavy atom. The number of nitrogen functional groups attached to an aromatic ring is 1. The third-order valence-electron chi connectivity index (χ3n) is 8.97. The standard InChI is InChI=1S/C32H40N4O6SSi/c1-19(41-20(2)38)23-18-24(42-29(23)36-27-26(43-31(36)40)28(39)35-30(33)34-27)25(16-17-37)44(32(3,4)5,21-12-8-6-9-13-21)22-14-10-7-11-15-22/h6-15,19,23-25,29,37H,16-18H2,1-5H3,(H3,33,34,35,39)/t19-,23-,24-,25-,29+/m0/s1. The van der Waals surface area contributed by atoms with E-state index >= 15 is 0 Å². The second-order valence-corrected chi connectivity index (χ2v) is 18.5. The molecule has 0 spiro atoms. The number of anilines is 1. The zero-order valence-corrected chi connectivity index (χ0v) is 27.5. The summed E-state index contributed by atoms with van der Waals surface area (Å²) in [4.78, 5) is 44.7. The van der Waals surface area contributed by atoms with Crippen LogP contribution in [0.1, 0.15) is 53.7 Å². The van der Waals surface area contributed by atoms with Gasteiger partial charge in [-0.2, -0.15) is 4.98 Å². The van der Waals surface area contributed by atoms with E-state index in [2.05, 4.69) is 79.3 Å². The quantitative estimate of drug-likeness (QED) is 0.187. The topological polar surface area (TPSA) is 150 Å². The minimum absolute atomic E-state index is 0.0569. The average Bonchev–Trinajstić information content (AvgIpc) is 3.54. The van der Waals surface area contributed by atoms with Gasteiger partial charge in [0.05, 0.1) is 6.10 Å². The zero-order chi connectivity index (χ0) is 31.8. The number of H-pyrrole nitrogens is 1. The number of carbonyl (C=O) groups is 1. The van der Waals surface area contributed by atoms with Crippen LogP contribution in [0.25, 0.3) is 10.3 Å². The lowest BCUT2D eigenvalue weighted by molar-refractivity contribution is -0.150. The number of aromatic nitrogens is 3. The predicted octanol–water partition coefficient (Wildman–Crippen LogP) is 3.40. The normalized spacial score (nSPS) is 20.5. The molecule has 234 valence electrons. The van der Waals surface area contributed by atoms with Crippen molar-refractivity contribution in [2.24, 2.45) is 5.92 Å². The minimum atomic E-state index is -2.83. The zero-order valence-electron chi connectivity index (χ0n) is 25.7. The first kappa shape index (κ1) is 31.8. The third-order valence-corrected chi connectivity index (χ3v) is 16.5. The Morgan fingerprint density at radius 1 is 1.16 bits per heavy atom. The van der Waals surface area contributed by atoms with Crippen molar-refractivity contribution in [2.75, 3.05) is 12.3 Å². The molecule has 1 saturated heterocycles. The number of hydrogen-bond donors (Lipinski definition) is 3. The van der Waals surface area contributed by atoms with Crippen LogP contribution >= 0.6 is 11.3 Å². The van der Waals surface area contributed by atoms with Gasteiger partial charge in [-0.3, -0.25) is 23.9 Å². The first-order valence-electron chi connectivity index (χ1n) is 14.9. The van der Waals surface area contributed by atoms with Crippen LogP contribution in [0.3, 0.4) is 0 Å². The van der Waals surface area contributed by atoms with Crippen LogP contribution in [-0.4, -0.2) is 52.5 Å². The number of benzene rings is 2. The van der Waals surface area contributed by atoms with Crippen molar-refractivity contribution >= 4 is 52.0 Å². The monoisotopic (exact) mass is 636 g/mol. The van der Waals surface area contributed by atoms with E-state index in [9.17, 15) is 19.5 Å². The summed E-state index contributed by atoms with van der Waals surface area (Å²) in [6.45, 7) is 9.85. The molecule has 1 fully saturated rings. The highest BCUT2D eigenvalue weighted by molar-refractivity contribution is 7.16. The summed E-state index contributed by atoms with van der Waals surface area (Å²) in [5.41, 5.74) is 5.39. The molecule has 2 aromatic carbocycles. The Labute approximate surface area is 260 Å². The number of nitrogens with two attached hydrogens (primary N) is 1. The summed E-state index contributed by atoms with van der Waals surface area (Å²) in [7, 11) is -2.83. The Bertz CT molecular complexity index is 1690. The van der Waals surface area contributed by atoms with Gasteiger partial charge in [-0.15, -0.1) is 0 Å².